The predicted octanol–water partition coefficient (Wildman–Crippen LogP) is 3.66. The maximum Gasteiger partial charge on any atom is 0.239 e. The van der Waals surface area contributed by atoms with Crippen molar-refractivity contribution in [2.24, 2.45) is 0 Å². The first kappa shape index (κ1) is 13.5. The molecule has 0 radical (unpaired) electrons. The Morgan fingerprint density at radius 1 is 1.25 bits per heavy atom. The Morgan fingerprint density at radius 3 is 2.25 bits per heavy atom. The molecule has 2 nitrogen and oxygen atoms in total. The van der Waals surface area contributed by atoms with E-state index in [9.17, 15) is 8.42 Å². The van der Waals surface area contributed by atoms with Gasteiger partial charge in [0.05, 0.1) is 5.25 Å². The van der Waals surface area contributed by atoms with Crippen LogP contribution in [0.5, 0.6) is 0 Å². The van der Waals surface area contributed by atoms with Crippen LogP contribution in [0.25, 0.3) is 0 Å². The normalized spacial score (nSPS) is 13.7. The van der Waals surface area contributed by atoms with E-state index in [1.807, 2.05) is 24.3 Å². The first-order valence-electron chi connectivity index (χ1n) is 5.47. The molecule has 4 heteroatoms. The van der Waals surface area contributed by atoms with Crippen LogP contribution in [0.2, 0.25) is 0 Å². The average Bonchev–Trinajstić information content (AvgIpc) is 2.25. The summed E-state index contributed by atoms with van der Waals surface area (Å²) in [5.41, 5.74) is 1.99. The van der Waals surface area contributed by atoms with Crippen molar-refractivity contribution in [2.45, 2.75) is 38.4 Å². The van der Waals surface area contributed by atoms with Gasteiger partial charge in [-0.2, -0.15) is 0 Å². The van der Waals surface area contributed by atoms with Gasteiger partial charge in [0.2, 0.25) is 9.05 Å². The molecule has 0 amide bonds. The minimum atomic E-state index is -3.51. The van der Waals surface area contributed by atoms with Crippen LogP contribution in [-0.4, -0.2) is 8.42 Å². The van der Waals surface area contributed by atoms with Crippen LogP contribution in [0.1, 0.15) is 43.1 Å². The minimum Gasteiger partial charge on any atom is -0.212 e. The molecule has 0 aromatic heterocycles. The highest BCUT2D eigenvalue weighted by Crippen LogP contribution is 2.25. The Hall–Kier alpha value is -0.540. The summed E-state index contributed by atoms with van der Waals surface area (Å²) in [5.74, 6) is 0. The van der Waals surface area contributed by atoms with Gasteiger partial charge in [0, 0.05) is 10.7 Å². The number of benzene rings is 1. The number of hydrogen-bond acceptors (Lipinski definition) is 2. The first-order valence-corrected chi connectivity index (χ1v) is 7.84. The van der Waals surface area contributed by atoms with Crippen molar-refractivity contribution < 1.29 is 8.42 Å². The molecule has 1 rings (SSSR count). The van der Waals surface area contributed by atoms with Crippen LogP contribution in [-0.2, 0) is 15.5 Å². The van der Waals surface area contributed by atoms with Crippen LogP contribution in [0, 0.1) is 0 Å². The zero-order valence-electron chi connectivity index (χ0n) is 9.61. The molecule has 0 N–H and O–H groups in total. The van der Waals surface area contributed by atoms with Crippen LogP contribution < -0.4 is 0 Å². The van der Waals surface area contributed by atoms with Gasteiger partial charge in [-0.1, -0.05) is 37.6 Å². The molecule has 0 fully saturated rings. The Balaban J connectivity index is 2.79. The molecule has 90 valence electrons. The fourth-order valence-corrected chi connectivity index (χ4v) is 2.29. The number of rotatable bonds is 5. The highest BCUT2D eigenvalue weighted by molar-refractivity contribution is 8.13. The lowest BCUT2D eigenvalue weighted by atomic mass is 10.1. The highest BCUT2D eigenvalue weighted by Gasteiger charge is 2.19. The van der Waals surface area contributed by atoms with Crippen molar-refractivity contribution in [3.63, 3.8) is 0 Å². The van der Waals surface area contributed by atoms with Gasteiger partial charge in [-0.05, 0) is 30.9 Å². The summed E-state index contributed by atoms with van der Waals surface area (Å²) in [5, 5.41) is -0.644. The third kappa shape index (κ3) is 3.80. The fraction of sp³-hybridized carbons (Fsp3) is 0.500. The second kappa shape index (κ2) is 5.69. The summed E-state index contributed by atoms with van der Waals surface area (Å²) in [6.07, 6.45) is 3.36. The third-order valence-corrected chi connectivity index (χ3v) is 4.61. The Bertz CT molecular complexity index is 423. The Kier molecular flexibility index (Phi) is 4.81. The molecule has 1 aromatic carbocycles. The van der Waals surface area contributed by atoms with E-state index in [4.69, 9.17) is 10.7 Å². The molecule has 0 spiro atoms. The third-order valence-electron chi connectivity index (χ3n) is 2.69. The highest BCUT2D eigenvalue weighted by atomic mass is 35.7. The van der Waals surface area contributed by atoms with E-state index in [0.717, 1.165) is 24.8 Å². The summed E-state index contributed by atoms with van der Waals surface area (Å²) in [6.45, 7) is 3.75. The molecule has 0 aliphatic heterocycles. The van der Waals surface area contributed by atoms with Gasteiger partial charge < -0.3 is 0 Å². The van der Waals surface area contributed by atoms with Gasteiger partial charge >= 0.3 is 0 Å². The van der Waals surface area contributed by atoms with E-state index < -0.39 is 14.3 Å². The smallest absolute Gasteiger partial charge is 0.212 e. The van der Waals surface area contributed by atoms with Crippen molar-refractivity contribution in [3.05, 3.63) is 35.4 Å². The van der Waals surface area contributed by atoms with Crippen molar-refractivity contribution in [1.82, 2.24) is 0 Å². The minimum absolute atomic E-state index is 0.644. The van der Waals surface area contributed by atoms with Gasteiger partial charge in [-0.25, -0.2) is 8.42 Å². The van der Waals surface area contributed by atoms with Crippen LogP contribution in [0.3, 0.4) is 0 Å². The lowest BCUT2D eigenvalue weighted by Crippen LogP contribution is -2.02. The molecule has 16 heavy (non-hydrogen) atoms. The molecular weight excluding hydrogens is 244 g/mol. The van der Waals surface area contributed by atoms with E-state index >= 15 is 0 Å². The molecule has 0 saturated carbocycles. The number of hydrogen-bond donors (Lipinski definition) is 0. The van der Waals surface area contributed by atoms with E-state index in [-0.39, 0.29) is 0 Å². The molecule has 1 atom stereocenters. The molecule has 1 aromatic rings. The fourth-order valence-electron chi connectivity index (χ4n) is 1.50. The zero-order chi connectivity index (χ0) is 12.2. The molecular formula is C12H17ClO2S. The molecule has 0 aliphatic rings. The van der Waals surface area contributed by atoms with Gasteiger partial charge in [0.25, 0.3) is 0 Å². The number of unbranched alkanes of at least 4 members (excludes halogenated alkanes) is 1. The summed E-state index contributed by atoms with van der Waals surface area (Å²) in [7, 11) is 1.80. The van der Waals surface area contributed by atoms with Crippen LogP contribution in [0.4, 0.5) is 0 Å². The summed E-state index contributed by atoms with van der Waals surface area (Å²) in [6, 6.07) is 7.64. The Labute approximate surface area is 102 Å². The maximum atomic E-state index is 11.2. The standard InChI is InChI=1S/C12H17ClO2S/c1-3-4-5-11-6-8-12(9-7-11)10(2)16(13,14)15/h6-10H,3-5H2,1-2H3. The van der Waals surface area contributed by atoms with E-state index in [1.54, 1.807) is 6.92 Å². The van der Waals surface area contributed by atoms with Crippen LogP contribution >= 0.6 is 10.7 Å². The topological polar surface area (TPSA) is 34.1 Å². The largest absolute Gasteiger partial charge is 0.239 e. The molecule has 0 bridgehead atoms. The second-order valence-electron chi connectivity index (χ2n) is 3.96. The summed E-state index contributed by atoms with van der Waals surface area (Å²) in [4.78, 5) is 0. The molecule has 0 aliphatic carbocycles. The SMILES string of the molecule is CCCCc1ccc(C(C)S(=O)(=O)Cl)cc1. The van der Waals surface area contributed by atoms with Gasteiger partial charge in [-0.3, -0.25) is 0 Å². The first-order chi connectivity index (χ1) is 7.45. The lowest BCUT2D eigenvalue weighted by Gasteiger charge is -2.08. The van der Waals surface area contributed by atoms with E-state index in [2.05, 4.69) is 6.92 Å². The van der Waals surface area contributed by atoms with Crippen molar-refractivity contribution in [3.8, 4) is 0 Å². The second-order valence-corrected chi connectivity index (χ2v) is 6.91. The monoisotopic (exact) mass is 260 g/mol. The Morgan fingerprint density at radius 2 is 1.81 bits per heavy atom. The summed E-state index contributed by atoms with van der Waals surface area (Å²) < 4.78 is 22.3. The van der Waals surface area contributed by atoms with Crippen LogP contribution in [0.15, 0.2) is 24.3 Å². The quantitative estimate of drug-likeness (QED) is 0.757. The van der Waals surface area contributed by atoms with Gasteiger partial charge in [0.15, 0.2) is 0 Å². The van der Waals surface area contributed by atoms with Gasteiger partial charge in [0.1, 0.15) is 0 Å². The van der Waals surface area contributed by atoms with Crippen molar-refractivity contribution >= 4 is 19.7 Å². The van der Waals surface area contributed by atoms with E-state index in [1.165, 1.54) is 5.56 Å². The number of aryl methyl sites for hydroxylation is 1. The predicted molar refractivity (Wildman–Crippen MR) is 68.2 cm³/mol. The van der Waals surface area contributed by atoms with Crippen molar-refractivity contribution in [1.29, 1.82) is 0 Å². The zero-order valence-corrected chi connectivity index (χ0v) is 11.2. The summed E-state index contributed by atoms with van der Waals surface area (Å²) >= 11 is 0. The van der Waals surface area contributed by atoms with Gasteiger partial charge in [-0.15, -0.1) is 0 Å². The molecule has 1 unspecified atom stereocenters. The van der Waals surface area contributed by atoms with E-state index in [0.29, 0.717) is 0 Å². The molecule has 0 heterocycles. The maximum absolute atomic E-state index is 11.2. The number of halogens is 1. The average molecular weight is 261 g/mol. The molecule has 0 saturated heterocycles. The lowest BCUT2D eigenvalue weighted by molar-refractivity contribution is 0.600. The van der Waals surface area contributed by atoms with Crippen molar-refractivity contribution in [2.75, 3.05) is 0 Å².